The van der Waals surface area contributed by atoms with Gasteiger partial charge in [0.2, 0.25) is 0 Å². The molecule has 1 aliphatic rings. The molecule has 0 bridgehead atoms. The Bertz CT molecular complexity index is 3560. The van der Waals surface area contributed by atoms with Gasteiger partial charge in [0.25, 0.3) is 0 Å². The fraction of sp³-hybridized carbons (Fsp3) is 0.0182. The number of hydrogen-bond donors (Lipinski definition) is 0. The molecule has 0 N–H and O–H groups in total. The van der Waals surface area contributed by atoms with E-state index in [0.717, 1.165) is 5.69 Å². The van der Waals surface area contributed by atoms with Gasteiger partial charge in [0, 0.05) is 48.4 Å². The standard InChI is InChI=1S/C55H34N2S/c1-3-15-35(16-4-1)55(47-23-11-7-19-39(47)40-20-8-12-24-48(40)55)36-27-29-38(30-28-36)56-49-25-13-9-21-41(49)45-33-46-43-31-32-44-42-22-10-14-26-52(42)58-54(44)53(43)57(51(46)34-50(45)56)37-17-5-2-6-18-37/h1-34H. The molecule has 2 nitrogen and oxygen atoms in total. The molecule has 0 fully saturated rings. The lowest BCUT2D eigenvalue weighted by atomic mass is 9.68. The zero-order valence-corrected chi connectivity index (χ0v) is 32.2. The second kappa shape index (κ2) is 11.9. The summed E-state index contributed by atoms with van der Waals surface area (Å²) < 4.78 is 7.63. The Labute approximate surface area is 339 Å². The summed E-state index contributed by atoms with van der Waals surface area (Å²) in [6, 6.07) is 76.6. The van der Waals surface area contributed by atoms with Crippen LogP contribution >= 0.6 is 11.3 Å². The zero-order chi connectivity index (χ0) is 38.0. The molecule has 0 spiro atoms. The molecule has 270 valence electrons. The van der Waals surface area contributed by atoms with Crippen LogP contribution in [0.3, 0.4) is 0 Å². The van der Waals surface area contributed by atoms with E-state index in [1.807, 2.05) is 11.3 Å². The second-order valence-electron chi connectivity index (χ2n) is 15.6. The molecule has 3 heterocycles. The van der Waals surface area contributed by atoms with Crippen molar-refractivity contribution in [1.82, 2.24) is 9.13 Å². The van der Waals surface area contributed by atoms with E-state index in [4.69, 9.17) is 0 Å². The highest BCUT2D eigenvalue weighted by molar-refractivity contribution is 7.26. The molecule has 0 aliphatic heterocycles. The van der Waals surface area contributed by atoms with Crippen molar-refractivity contribution in [2.75, 3.05) is 0 Å². The van der Waals surface area contributed by atoms with E-state index in [0.29, 0.717) is 0 Å². The van der Waals surface area contributed by atoms with Gasteiger partial charge in [-0.3, -0.25) is 0 Å². The van der Waals surface area contributed by atoms with Crippen molar-refractivity contribution >= 4 is 75.1 Å². The van der Waals surface area contributed by atoms with Crippen LogP contribution in [-0.2, 0) is 5.41 Å². The Morgan fingerprint density at radius 2 is 0.897 bits per heavy atom. The average molecular weight is 755 g/mol. The lowest BCUT2D eigenvalue weighted by molar-refractivity contribution is 0.768. The molecule has 0 saturated heterocycles. The highest BCUT2D eigenvalue weighted by atomic mass is 32.1. The lowest BCUT2D eigenvalue weighted by Gasteiger charge is -2.34. The Morgan fingerprint density at radius 3 is 1.66 bits per heavy atom. The number of para-hydroxylation sites is 2. The first-order valence-corrected chi connectivity index (χ1v) is 20.8. The molecule has 12 aromatic rings. The van der Waals surface area contributed by atoms with Crippen LogP contribution in [0.2, 0.25) is 0 Å². The van der Waals surface area contributed by atoms with Gasteiger partial charge in [0.1, 0.15) is 0 Å². The fourth-order valence-corrected chi connectivity index (χ4v) is 11.7. The minimum absolute atomic E-state index is 0.436. The quantitative estimate of drug-likeness (QED) is 0.169. The van der Waals surface area contributed by atoms with Crippen molar-refractivity contribution in [3.8, 4) is 22.5 Å². The number of fused-ring (bicyclic) bond motifs is 13. The topological polar surface area (TPSA) is 9.86 Å². The maximum Gasteiger partial charge on any atom is 0.0719 e. The van der Waals surface area contributed by atoms with Gasteiger partial charge in [-0.15, -0.1) is 11.3 Å². The molecule has 13 rings (SSSR count). The third kappa shape index (κ3) is 4.16. The van der Waals surface area contributed by atoms with E-state index in [2.05, 4.69) is 215 Å². The predicted molar refractivity (Wildman–Crippen MR) is 245 cm³/mol. The van der Waals surface area contributed by atoms with Crippen molar-refractivity contribution in [2.45, 2.75) is 5.41 Å². The van der Waals surface area contributed by atoms with Crippen molar-refractivity contribution in [3.05, 3.63) is 229 Å². The van der Waals surface area contributed by atoms with E-state index >= 15 is 0 Å². The second-order valence-corrected chi connectivity index (χ2v) is 16.7. The summed E-state index contributed by atoms with van der Waals surface area (Å²) in [7, 11) is 0. The lowest BCUT2D eigenvalue weighted by Crippen LogP contribution is -2.28. The summed E-state index contributed by atoms with van der Waals surface area (Å²) in [6.45, 7) is 0. The van der Waals surface area contributed by atoms with Crippen molar-refractivity contribution in [3.63, 3.8) is 0 Å². The van der Waals surface area contributed by atoms with Gasteiger partial charge in [0.15, 0.2) is 0 Å². The van der Waals surface area contributed by atoms with Gasteiger partial charge < -0.3 is 9.13 Å². The van der Waals surface area contributed by atoms with Crippen LogP contribution in [0.5, 0.6) is 0 Å². The van der Waals surface area contributed by atoms with Crippen LogP contribution in [0, 0.1) is 0 Å². The van der Waals surface area contributed by atoms with Crippen molar-refractivity contribution in [1.29, 1.82) is 0 Å². The molecule has 1 aliphatic carbocycles. The van der Waals surface area contributed by atoms with Crippen LogP contribution in [0.4, 0.5) is 0 Å². The van der Waals surface area contributed by atoms with E-state index in [1.54, 1.807) is 0 Å². The van der Waals surface area contributed by atoms with E-state index < -0.39 is 5.41 Å². The molecule has 0 amide bonds. The van der Waals surface area contributed by atoms with Crippen LogP contribution < -0.4 is 0 Å². The van der Waals surface area contributed by atoms with Crippen LogP contribution in [-0.4, -0.2) is 9.13 Å². The summed E-state index contributed by atoms with van der Waals surface area (Å²) >= 11 is 1.90. The third-order valence-electron chi connectivity index (χ3n) is 12.8. The molecule has 0 unspecified atom stereocenters. The maximum atomic E-state index is 2.51. The molecule has 3 aromatic heterocycles. The first kappa shape index (κ1) is 31.9. The van der Waals surface area contributed by atoms with Crippen molar-refractivity contribution in [2.24, 2.45) is 0 Å². The van der Waals surface area contributed by atoms with Crippen LogP contribution in [0.1, 0.15) is 22.3 Å². The first-order valence-electron chi connectivity index (χ1n) is 20.0. The molecule has 9 aromatic carbocycles. The van der Waals surface area contributed by atoms with Gasteiger partial charge in [-0.25, -0.2) is 0 Å². The molecular weight excluding hydrogens is 721 g/mol. The molecule has 3 heteroatoms. The van der Waals surface area contributed by atoms with Gasteiger partial charge in [-0.05, 0) is 81.9 Å². The third-order valence-corrected chi connectivity index (χ3v) is 14.0. The monoisotopic (exact) mass is 754 g/mol. The Morgan fingerprint density at radius 1 is 0.345 bits per heavy atom. The SMILES string of the molecule is c1ccc(-n2c3cc4c(cc3c3ccc5c6ccccc6sc5c32)c2ccccc2n4-c2ccc(C3(c4ccccc4)c4ccccc4-c4ccccc43)cc2)cc1. The Hall–Kier alpha value is -7.20. The summed E-state index contributed by atoms with van der Waals surface area (Å²) in [6.07, 6.45) is 0. The van der Waals surface area contributed by atoms with Crippen LogP contribution in [0.15, 0.2) is 206 Å². The summed E-state index contributed by atoms with van der Waals surface area (Å²) in [5.41, 5.74) is 14.6. The minimum atomic E-state index is -0.436. The molecular formula is C55H34N2S. The molecule has 58 heavy (non-hydrogen) atoms. The van der Waals surface area contributed by atoms with E-state index in [1.165, 1.54) is 103 Å². The summed E-state index contributed by atoms with van der Waals surface area (Å²) in [5.74, 6) is 0. The Balaban J connectivity index is 1.09. The number of rotatable bonds is 4. The molecule has 0 radical (unpaired) electrons. The molecule has 0 saturated carbocycles. The number of aromatic nitrogens is 2. The highest BCUT2D eigenvalue weighted by Gasteiger charge is 2.45. The van der Waals surface area contributed by atoms with Gasteiger partial charge >= 0.3 is 0 Å². The minimum Gasteiger partial charge on any atom is -0.309 e. The van der Waals surface area contributed by atoms with Gasteiger partial charge in [0.05, 0.1) is 32.2 Å². The number of hydrogen-bond acceptors (Lipinski definition) is 1. The number of benzene rings is 9. The predicted octanol–water partition coefficient (Wildman–Crippen LogP) is 14.6. The number of thiophene rings is 1. The van der Waals surface area contributed by atoms with Gasteiger partial charge in [-0.2, -0.15) is 0 Å². The largest absolute Gasteiger partial charge is 0.309 e. The average Bonchev–Trinajstić information content (AvgIpc) is 4.02. The zero-order valence-electron chi connectivity index (χ0n) is 31.4. The van der Waals surface area contributed by atoms with Gasteiger partial charge in [-0.1, -0.05) is 158 Å². The normalized spacial score (nSPS) is 13.3. The maximum absolute atomic E-state index is 2.51. The number of nitrogens with zero attached hydrogens (tertiary/aromatic N) is 2. The van der Waals surface area contributed by atoms with E-state index in [-0.39, 0.29) is 0 Å². The summed E-state index contributed by atoms with van der Waals surface area (Å²) in [4.78, 5) is 0. The smallest absolute Gasteiger partial charge is 0.0719 e. The Kier molecular flexibility index (Phi) is 6.56. The van der Waals surface area contributed by atoms with Crippen LogP contribution in [0.25, 0.3) is 86.3 Å². The first-order chi connectivity index (χ1) is 28.8. The highest BCUT2D eigenvalue weighted by Crippen LogP contribution is 2.56. The van der Waals surface area contributed by atoms with Crippen molar-refractivity contribution < 1.29 is 0 Å². The summed E-state index contributed by atoms with van der Waals surface area (Å²) in [5, 5.41) is 7.70. The van der Waals surface area contributed by atoms with E-state index in [9.17, 15) is 0 Å². The fourth-order valence-electron chi connectivity index (χ4n) is 10.4. The molecule has 0 atom stereocenters.